The second-order valence-electron chi connectivity index (χ2n) is 7.12. The van der Waals surface area contributed by atoms with Crippen LogP contribution in [-0.2, 0) is 10.0 Å². The molecule has 0 aromatic heterocycles. The monoisotopic (exact) mass is 496 g/mol. The van der Waals surface area contributed by atoms with E-state index in [1.807, 2.05) is 0 Å². The molecule has 11 heteroatoms. The van der Waals surface area contributed by atoms with Crippen LogP contribution in [0.3, 0.4) is 0 Å². The number of rotatable bonds is 13. The van der Waals surface area contributed by atoms with Crippen LogP contribution >= 0.6 is 0 Å². The van der Waals surface area contributed by atoms with Crippen molar-refractivity contribution in [1.29, 1.82) is 0 Å². The Kier molecular flexibility index (Phi) is 9.97. The Bertz CT molecular complexity index is 1050. The number of ether oxygens (including phenoxy) is 4. The van der Waals surface area contributed by atoms with E-state index in [0.717, 1.165) is 0 Å². The van der Waals surface area contributed by atoms with E-state index >= 15 is 0 Å². The van der Waals surface area contributed by atoms with Gasteiger partial charge in [0, 0.05) is 19.6 Å². The van der Waals surface area contributed by atoms with Crippen LogP contribution in [0.5, 0.6) is 23.0 Å². The van der Waals surface area contributed by atoms with Crippen molar-refractivity contribution in [2.75, 3.05) is 47.6 Å². The van der Waals surface area contributed by atoms with Gasteiger partial charge in [0.25, 0.3) is 5.91 Å². The first-order valence-corrected chi connectivity index (χ1v) is 12.2. The maximum Gasteiger partial charge on any atom is 0.255 e. The van der Waals surface area contributed by atoms with Gasteiger partial charge in [-0.3, -0.25) is 4.79 Å². The summed E-state index contributed by atoms with van der Waals surface area (Å²) in [4.78, 5) is 12.8. The molecule has 0 spiro atoms. The number of benzene rings is 2. The summed E-state index contributed by atoms with van der Waals surface area (Å²) in [5, 5.41) is 12.9. The van der Waals surface area contributed by atoms with E-state index in [1.54, 1.807) is 32.0 Å². The third kappa shape index (κ3) is 6.31. The molecule has 0 radical (unpaired) electrons. The van der Waals surface area contributed by atoms with Gasteiger partial charge in [0.2, 0.25) is 15.8 Å². The number of carbonyl (C=O) groups excluding carboxylic acids is 1. The van der Waals surface area contributed by atoms with E-state index in [2.05, 4.69) is 5.32 Å². The van der Waals surface area contributed by atoms with E-state index in [4.69, 9.17) is 18.9 Å². The lowest BCUT2D eigenvalue weighted by Gasteiger charge is -2.20. The van der Waals surface area contributed by atoms with Crippen LogP contribution in [0.2, 0.25) is 0 Å². The zero-order valence-corrected chi connectivity index (χ0v) is 20.8. The van der Waals surface area contributed by atoms with Crippen molar-refractivity contribution in [1.82, 2.24) is 9.62 Å². The number of amides is 1. The summed E-state index contributed by atoms with van der Waals surface area (Å²) < 4.78 is 48.3. The molecule has 2 N–H and O–H groups in total. The van der Waals surface area contributed by atoms with Crippen LogP contribution in [0.4, 0.5) is 0 Å². The Labute approximate surface area is 200 Å². The molecule has 0 aliphatic rings. The van der Waals surface area contributed by atoms with Gasteiger partial charge in [-0.15, -0.1) is 0 Å². The molecule has 0 bridgehead atoms. The third-order valence-electron chi connectivity index (χ3n) is 5.06. The molecule has 0 heterocycles. The maximum absolute atomic E-state index is 12.8. The minimum absolute atomic E-state index is 0.0192. The molecule has 2 aromatic rings. The van der Waals surface area contributed by atoms with Crippen molar-refractivity contribution >= 4 is 15.9 Å². The van der Waals surface area contributed by atoms with Crippen LogP contribution in [0.15, 0.2) is 41.3 Å². The first-order valence-electron chi connectivity index (χ1n) is 10.7. The highest BCUT2D eigenvalue weighted by atomic mass is 32.2. The highest BCUT2D eigenvalue weighted by Crippen LogP contribution is 2.36. The van der Waals surface area contributed by atoms with Crippen molar-refractivity contribution in [3.8, 4) is 23.0 Å². The van der Waals surface area contributed by atoms with Gasteiger partial charge in [0.1, 0.15) is 18.5 Å². The second-order valence-corrected chi connectivity index (χ2v) is 9.06. The molecule has 1 atom stereocenters. The molecule has 34 heavy (non-hydrogen) atoms. The van der Waals surface area contributed by atoms with E-state index in [0.29, 0.717) is 30.3 Å². The molecule has 2 aromatic carbocycles. The van der Waals surface area contributed by atoms with Crippen molar-refractivity contribution in [2.45, 2.75) is 24.8 Å². The highest BCUT2D eigenvalue weighted by Gasteiger charge is 2.25. The fourth-order valence-electron chi connectivity index (χ4n) is 3.24. The summed E-state index contributed by atoms with van der Waals surface area (Å²) in [6.07, 6.45) is -1.06. The summed E-state index contributed by atoms with van der Waals surface area (Å²) in [6, 6.07) is 9.22. The number of nitrogens with one attached hydrogen (secondary N) is 1. The standard InChI is InChI=1S/C23H32N2O8S/c1-6-25(7-2)34(28,29)17-11-12-19(30-3)18(13-17)23(27)24-14-16(26)15-33-22-20(31-4)9-8-10-21(22)32-5/h8-13,16,26H,6-7,14-15H2,1-5H3,(H,24,27). The maximum atomic E-state index is 12.8. The molecule has 1 unspecified atom stereocenters. The number of aliphatic hydroxyl groups excluding tert-OH is 1. The number of hydrogen-bond acceptors (Lipinski definition) is 8. The average molecular weight is 497 g/mol. The zero-order valence-electron chi connectivity index (χ0n) is 20.0. The van der Waals surface area contributed by atoms with Crippen LogP contribution in [0, 0.1) is 0 Å². The quantitative estimate of drug-likeness (QED) is 0.431. The van der Waals surface area contributed by atoms with Crippen LogP contribution in [-0.4, -0.2) is 77.4 Å². The lowest BCUT2D eigenvalue weighted by Crippen LogP contribution is -2.35. The van der Waals surface area contributed by atoms with Gasteiger partial charge in [-0.05, 0) is 30.3 Å². The first kappa shape index (κ1) is 27.2. The average Bonchev–Trinajstić information content (AvgIpc) is 2.85. The number of para-hydroxylation sites is 1. The fraction of sp³-hybridized carbons (Fsp3) is 0.435. The third-order valence-corrected chi connectivity index (χ3v) is 7.11. The summed E-state index contributed by atoms with van der Waals surface area (Å²) in [6.45, 7) is 3.78. The lowest BCUT2D eigenvalue weighted by atomic mass is 10.2. The lowest BCUT2D eigenvalue weighted by molar-refractivity contribution is 0.0831. The molecule has 1 amide bonds. The van der Waals surface area contributed by atoms with Crippen LogP contribution in [0.1, 0.15) is 24.2 Å². The zero-order chi connectivity index (χ0) is 25.3. The number of nitrogens with zero attached hydrogens (tertiary/aromatic N) is 1. The van der Waals surface area contributed by atoms with Gasteiger partial charge in [-0.1, -0.05) is 19.9 Å². The highest BCUT2D eigenvalue weighted by molar-refractivity contribution is 7.89. The minimum atomic E-state index is -3.76. The molecule has 0 saturated carbocycles. The largest absolute Gasteiger partial charge is 0.496 e. The van der Waals surface area contributed by atoms with E-state index in [-0.39, 0.29) is 29.4 Å². The molecule has 2 rings (SSSR count). The van der Waals surface area contributed by atoms with E-state index in [9.17, 15) is 18.3 Å². The van der Waals surface area contributed by atoms with Gasteiger partial charge in [0.05, 0.1) is 31.8 Å². The van der Waals surface area contributed by atoms with Gasteiger partial charge >= 0.3 is 0 Å². The fourth-order valence-corrected chi connectivity index (χ4v) is 4.73. The van der Waals surface area contributed by atoms with E-state index < -0.39 is 22.0 Å². The summed E-state index contributed by atoms with van der Waals surface area (Å²) in [5.74, 6) is 0.815. The molecule has 188 valence electrons. The normalized spacial score (nSPS) is 12.2. The Morgan fingerprint density at radius 3 is 2.12 bits per heavy atom. The van der Waals surface area contributed by atoms with E-state index in [1.165, 1.54) is 43.8 Å². The number of carbonyl (C=O) groups is 1. The van der Waals surface area contributed by atoms with Gasteiger partial charge < -0.3 is 29.4 Å². The second kappa shape index (κ2) is 12.4. The number of hydrogen-bond donors (Lipinski definition) is 2. The minimum Gasteiger partial charge on any atom is -0.496 e. The Balaban J connectivity index is 2.11. The SMILES string of the molecule is CCN(CC)S(=O)(=O)c1ccc(OC)c(C(=O)NCC(O)COc2c(OC)cccc2OC)c1. The van der Waals surface area contributed by atoms with Gasteiger partial charge in [-0.2, -0.15) is 4.31 Å². The van der Waals surface area contributed by atoms with Crippen molar-refractivity contribution in [3.63, 3.8) is 0 Å². The van der Waals surface area contributed by atoms with Crippen LogP contribution < -0.4 is 24.3 Å². The molecular weight excluding hydrogens is 464 g/mol. The predicted octanol–water partition coefficient (Wildman–Crippen LogP) is 1.91. The smallest absolute Gasteiger partial charge is 0.255 e. The summed E-state index contributed by atoms with van der Waals surface area (Å²) in [7, 11) is 0.594. The number of sulfonamides is 1. The Morgan fingerprint density at radius 1 is 1.00 bits per heavy atom. The number of methoxy groups -OCH3 is 3. The molecule has 0 aliphatic heterocycles. The molecule has 0 saturated heterocycles. The molecule has 0 fully saturated rings. The predicted molar refractivity (Wildman–Crippen MR) is 126 cm³/mol. The van der Waals surface area contributed by atoms with Crippen molar-refractivity contribution in [3.05, 3.63) is 42.0 Å². The molecular formula is C23H32N2O8S. The first-order chi connectivity index (χ1) is 16.2. The van der Waals surface area contributed by atoms with Crippen molar-refractivity contribution < 1.29 is 37.3 Å². The Morgan fingerprint density at radius 2 is 1.59 bits per heavy atom. The van der Waals surface area contributed by atoms with Gasteiger partial charge in [0.15, 0.2) is 11.5 Å². The topological polar surface area (TPSA) is 124 Å². The summed E-state index contributed by atoms with van der Waals surface area (Å²) >= 11 is 0. The molecule has 10 nitrogen and oxygen atoms in total. The van der Waals surface area contributed by atoms with Crippen molar-refractivity contribution in [2.24, 2.45) is 0 Å². The number of aliphatic hydroxyl groups is 1. The molecule has 0 aliphatic carbocycles. The summed E-state index contributed by atoms with van der Waals surface area (Å²) in [5.41, 5.74) is 0.0373. The van der Waals surface area contributed by atoms with Gasteiger partial charge in [-0.25, -0.2) is 8.42 Å². The Hall–Kier alpha value is -3.02. The van der Waals surface area contributed by atoms with Crippen LogP contribution in [0.25, 0.3) is 0 Å².